The zero-order valence-corrected chi connectivity index (χ0v) is 13.5. The molecule has 1 rings (SSSR count). The van der Waals surface area contributed by atoms with Crippen molar-refractivity contribution in [2.24, 2.45) is 0 Å². The van der Waals surface area contributed by atoms with Gasteiger partial charge < -0.3 is 19.9 Å². The van der Waals surface area contributed by atoms with Crippen LogP contribution in [0, 0.1) is 0 Å². The average Bonchev–Trinajstić information content (AvgIpc) is 2.74. The van der Waals surface area contributed by atoms with Crippen LogP contribution in [0.1, 0.15) is 40.3 Å². The van der Waals surface area contributed by atoms with E-state index in [-0.39, 0.29) is 12.5 Å². The predicted octanol–water partition coefficient (Wildman–Crippen LogP) is 1.39. The van der Waals surface area contributed by atoms with Crippen molar-refractivity contribution in [3.05, 3.63) is 18.2 Å². The number of ether oxygens (including phenoxy) is 1. The van der Waals surface area contributed by atoms with Crippen LogP contribution in [-0.2, 0) is 21.6 Å². The molecule has 0 saturated carbocycles. The van der Waals surface area contributed by atoms with E-state index >= 15 is 0 Å². The maximum atomic E-state index is 11.9. The Bertz CT molecular complexity index is 515. The van der Waals surface area contributed by atoms with E-state index in [0.29, 0.717) is 0 Å². The lowest BCUT2D eigenvalue weighted by molar-refractivity contribution is -0.121. The molecule has 0 aliphatic heterocycles. The molecule has 1 heterocycles. The van der Waals surface area contributed by atoms with Gasteiger partial charge in [0.15, 0.2) is 0 Å². The summed E-state index contributed by atoms with van der Waals surface area (Å²) in [6, 6.07) is 0. The minimum absolute atomic E-state index is 0.137. The van der Waals surface area contributed by atoms with E-state index in [4.69, 9.17) is 4.74 Å². The maximum Gasteiger partial charge on any atom is 0.408 e. The highest BCUT2D eigenvalue weighted by atomic mass is 16.6. The first-order valence-electron chi connectivity index (χ1n) is 6.77. The lowest BCUT2D eigenvalue weighted by Crippen LogP contribution is -2.45. The Balaban J connectivity index is 2.86. The second kappa shape index (κ2) is 6.15. The van der Waals surface area contributed by atoms with Crippen molar-refractivity contribution in [3.8, 4) is 0 Å². The second-order valence-electron chi connectivity index (χ2n) is 6.33. The van der Waals surface area contributed by atoms with Gasteiger partial charge in [-0.15, -0.1) is 0 Å². The number of hydrogen-bond acceptors (Lipinski definition) is 4. The summed E-state index contributed by atoms with van der Waals surface area (Å²) in [6.07, 6.45) is 2.67. The van der Waals surface area contributed by atoms with Crippen molar-refractivity contribution in [1.29, 1.82) is 0 Å². The minimum atomic E-state index is -0.715. The number of hydrogen-bond donors (Lipinski definition) is 2. The first kappa shape index (κ1) is 17.0. The number of carbonyl (C=O) groups excluding carboxylic acids is 2. The van der Waals surface area contributed by atoms with E-state index < -0.39 is 17.2 Å². The number of alkyl carbamates (subject to hydrolysis) is 1. The van der Waals surface area contributed by atoms with Crippen molar-refractivity contribution in [2.45, 2.75) is 52.3 Å². The molecule has 0 unspecified atom stereocenters. The Morgan fingerprint density at radius 3 is 2.43 bits per heavy atom. The Hall–Kier alpha value is -2.05. The van der Waals surface area contributed by atoms with Gasteiger partial charge >= 0.3 is 6.09 Å². The first-order valence-corrected chi connectivity index (χ1v) is 6.77. The van der Waals surface area contributed by atoms with Crippen LogP contribution in [-0.4, -0.2) is 34.2 Å². The Morgan fingerprint density at radius 1 is 1.29 bits per heavy atom. The van der Waals surface area contributed by atoms with Crippen molar-refractivity contribution in [2.75, 3.05) is 7.05 Å². The molecule has 2 amide bonds. The molecule has 0 aromatic carbocycles. The Morgan fingerprint density at radius 2 is 1.90 bits per heavy atom. The van der Waals surface area contributed by atoms with Gasteiger partial charge in [0.2, 0.25) is 5.91 Å². The molecule has 2 N–H and O–H groups in total. The molecule has 0 aliphatic carbocycles. The number of imidazole rings is 1. The fourth-order valence-corrected chi connectivity index (χ4v) is 1.82. The number of likely N-dealkylation sites (N-methyl/N-ethyl adjacent to an activating group) is 1. The number of amides is 2. The smallest absolute Gasteiger partial charge is 0.408 e. The topological polar surface area (TPSA) is 85.3 Å². The molecule has 0 spiro atoms. The molecule has 1 aromatic heterocycles. The molecule has 118 valence electrons. The van der Waals surface area contributed by atoms with Gasteiger partial charge in [-0.3, -0.25) is 4.79 Å². The molecule has 0 bridgehead atoms. The van der Waals surface area contributed by atoms with E-state index in [1.807, 2.05) is 13.8 Å². The summed E-state index contributed by atoms with van der Waals surface area (Å²) in [6.45, 7) is 9.20. The SMILES string of the molecule is CNC(=O)Cn1cncc1C(C)(C)NC(=O)OC(C)(C)C. The van der Waals surface area contributed by atoms with Crippen LogP contribution in [0.25, 0.3) is 0 Å². The van der Waals surface area contributed by atoms with Crippen LogP contribution in [0.3, 0.4) is 0 Å². The summed E-state index contributed by atoms with van der Waals surface area (Å²) >= 11 is 0. The molecule has 0 atom stereocenters. The van der Waals surface area contributed by atoms with Crippen LogP contribution in [0.15, 0.2) is 12.5 Å². The molecule has 21 heavy (non-hydrogen) atoms. The third-order valence-electron chi connectivity index (χ3n) is 2.76. The van der Waals surface area contributed by atoms with Gasteiger partial charge in [-0.1, -0.05) is 0 Å². The number of nitrogens with zero attached hydrogens (tertiary/aromatic N) is 2. The Labute approximate surface area is 125 Å². The van der Waals surface area contributed by atoms with Gasteiger partial charge in [0, 0.05) is 7.05 Å². The first-order chi connectivity index (χ1) is 9.55. The molecular weight excluding hydrogens is 272 g/mol. The monoisotopic (exact) mass is 296 g/mol. The van der Waals surface area contributed by atoms with Gasteiger partial charge in [0.05, 0.1) is 23.8 Å². The minimum Gasteiger partial charge on any atom is -0.444 e. The number of nitrogens with one attached hydrogen (secondary N) is 2. The maximum absolute atomic E-state index is 11.9. The summed E-state index contributed by atoms with van der Waals surface area (Å²) in [5.41, 5.74) is -0.563. The van der Waals surface area contributed by atoms with E-state index in [9.17, 15) is 9.59 Å². The second-order valence-corrected chi connectivity index (χ2v) is 6.33. The molecule has 0 saturated heterocycles. The lowest BCUT2D eigenvalue weighted by Gasteiger charge is -2.29. The standard InChI is InChI=1S/C14H24N4O3/c1-13(2,3)21-12(20)17-14(4,5)10-7-16-9-18(10)8-11(19)15-6/h7,9H,8H2,1-6H3,(H,15,19)(H,17,20). The summed E-state index contributed by atoms with van der Waals surface area (Å²) in [5, 5.41) is 5.35. The highest BCUT2D eigenvalue weighted by Gasteiger charge is 2.29. The van der Waals surface area contributed by atoms with Crippen LogP contribution >= 0.6 is 0 Å². The third-order valence-corrected chi connectivity index (χ3v) is 2.76. The van der Waals surface area contributed by atoms with Gasteiger partial charge in [0.1, 0.15) is 12.1 Å². The quantitative estimate of drug-likeness (QED) is 0.879. The van der Waals surface area contributed by atoms with Crippen molar-refractivity contribution >= 4 is 12.0 Å². The zero-order chi connectivity index (χ0) is 16.3. The molecule has 0 radical (unpaired) electrons. The van der Waals surface area contributed by atoms with Gasteiger partial charge in [-0.05, 0) is 34.6 Å². The molecule has 7 heteroatoms. The van der Waals surface area contributed by atoms with Gasteiger partial charge in [-0.25, -0.2) is 9.78 Å². The van der Waals surface area contributed by atoms with Crippen LogP contribution in [0.4, 0.5) is 4.79 Å². The number of rotatable bonds is 4. The zero-order valence-electron chi connectivity index (χ0n) is 13.5. The lowest BCUT2D eigenvalue weighted by atomic mass is 10.0. The van der Waals surface area contributed by atoms with Crippen molar-refractivity contribution < 1.29 is 14.3 Å². The van der Waals surface area contributed by atoms with Crippen molar-refractivity contribution in [3.63, 3.8) is 0 Å². The number of carbonyl (C=O) groups is 2. The predicted molar refractivity (Wildman–Crippen MR) is 78.7 cm³/mol. The van der Waals surface area contributed by atoms with E-state index in [1.165, 1.54) is 0 Å². The third kappa shape index (κ3) is 5.09. The average molecular weight is 296 g/mol. The van der Waals surface area contributed by atoms with E-state index in [1.54, 1.807) is 44.9 Å². The van der Waals surface area contributed by atoms with Crippen LogP contribution in [0.2, 0.25) is 0 Å². The van der Waals surface area contributed by atoms with Crippen molar-refractivity contribution in [1.82, 2.24) is 20.2 Å². The highest BCUT2D eigenvalue weighted by Crippen LogP contribution is 2.20. The fraction of sp³-hybridized carbons (Fsp3) is 0.643. The normalized spacial score (nSPS) is 11.9. The molecule has 7 nitrogen and oxygen atoms in total. The number of aromatic nitrogens is 2. The Kier molecular flexibility index (Phi) is 4.98. The molecule has 1 aromatic rings. The van der Waals surface area contributed by atoms with E-state index in [2.05, 4.69) is 15.6 Å². The molecule has 0 fully saturated rings. The fourth-order valence-electron chi connectivity index (χ4n) is 1.82. The van der Waals surface area contributed by atoms with E-state index in [0.717, 1.165) is 5.69 Å². The summed E-state index contributed by atoms with van der Waals surface area (Å²) < 4.78 is 6.95. The highest BCUT2D eigenvalue weighted by molar-refractivity contribution is 5.75. The summed E-state index contributed by atoms with van der Waals surface area (Å²) in [5.74, 6) is -0.137. The summed E-state index contributed by atoms with van der Waals surface area (Å²) in [4.78, 5) is 27.5. The largest absolute Gasteiger partial charge is 0.444 e. The molecular formula is C14H24N4O3. The van der Waals surface area contributed by atoms with Crippen LogP contribution in [0.5, 0.6) is 0 Å². The van der Waals surface area contributed by atoms with Gasteiger partial charge in [0.25, 0.3) is 0 Å². The molecule has 0 aliphatic rings. The van der Waals surface area contributed by atoms with Gasteiger partial charge in [-0.2, -0.15) is 0 Å². The van der Waals surface area contributed by atoms with Crippen LogP contribution < -0.4 is 10.6 Å². The summed E-state index contributed by atoms with van der Waals surface area (Å²) in [7, 11) is 1.57.